The molecule has 0 heteroatoms. The Kier molecular flexibility index (Phi) is 4.66. The molecule has 0 atom stereocenters. The first kappa shape index (κ1) is 13.7. The average Bonchev–Trinajstić information content (AvgIpc) is 3.30. The van der Waals surface area contributed by atoms with Crippen molar-refractivity contribution in [3.63, 3.8) is 0 Å². The summed E-state index contributed by atoms with van der Waals surface area (Å²) < 4.78 is 0. The first-order valence-electron chi connectivity index (χ1n) is 8.97. The van der Waals surface area contributed by atoms with Crippen molar-refractivity contribution in [3.8, 4) is 0 Å². The largest absolute Gasteiger partial charge is 0.103 e. The van der Waals surface area contributed by atoms with E-state index in [9.17, 15) is 0 Å². The molecule has 3 aliphatic rings. The molecule has 0 aromatic rings. The van der Waals surface area contributed by atoms with Gasteiger partial charge in [-0.2, -0.15) is 0 Å². The molecule has 0 aromatic carbocycles. The summed E-state index contributed by atoms with van der Waals surface area (Å²) in [6.45, 7) is 3.97. The van der Waals surface area contributed by atoms with Gasteiger partial charge in [0.2, 0.25) is 0 Å². The molecular weight excluding hydrogens is 228 g/mol. The average molecular weight is 260 g/mol. The Balaban J connectivity index is 1.36. The Hall–Kier alpha value is -0.260. The van der Waals surface area contributed by atoms with E-state index in [1.54, 1.807) is 51.4 Å². The fourth-order valence-electron chi connectivity index (χ4n) is 4.68. The predicted molar refractivity (Wildman–Crippen MR) is 83.1 cm³/mol. The van der Waals surface area contributed by atoms with Gasteiger partial charge >= 0.3 is 0 Å². The van der Waals surface area contributed by atoms with Gasteiger partial charge in [-0.3, -0.25) is 0 Å². The van der Waals surface area contributed by atoms with Crippen LogP contribution in [0.1, 0.15) is 77.0 Å². The topological polar surface area (TPSA) is 0 Å². The summed E-state index contributed by atoms with van der Waals surface area (Å²) in [7, 11) is 0. The van der Waals surface area contributed by atoms with Crippen LogP contribution in [0, 0.1) is 29.6 Å². The van der Waals surface area contributed by atoms with Crippen LogP contribution >= 0.6 is 0 Å². The van der Waals surface area contributed by atoms with Gasteiger partial charge in [-0.25, -0.2) is 0 Å². The maximum absolute atomic E-state index is 3.97. The van der Waals surface area contributed by atoms with Gasteiger partial charge in [0.15, 0.2) is 0 Å². The Morgan fingerprint density at radius 2 is 1.05 bits per heavy atom. The Labute approximate surface area is 120 Å². The van der Waals surface area contributed by atoms with Crippen LogP contribution in [0.15, 0.2) is 12.7 Å². The third-order valence-corrected chi connectivity index (χ3v) is 6.39. The molecule has 0 unspecified atom stereocenters. The molecule has 3 fully saturated rings. The SMILES string of the molecule is C=CC1CCC(C2CCC(CCC3CC3)CC2)CC1. The molecule has 0 spiro atoms. The zero-order valence-corrected chi connectivity index (χ0v) is 12.7. The Bertz CT molecular complexity index is 272. The van der Waals surface area contributed by atoms with Crippen molar-refractivity contribution in [3.05, 3.63) is 12.7 Å². The number of hydrogen-bond donors (Lipinski definition) is 0. The predicted octanol–water partition coefficient (Wildman–Crippen LogP) is 5.98. The standard InChI is InChI=1S/C19H32/c1-2-15-7-11-18(12-8-15)19-13-9-17(10-14-19)6-5-16-3-4-16/h2,15-19H,1,3-14H2. The fourth-order valence-corrected chi connectivity index (χ4v) is 4.68. The monoisotopic (exact) mass is 260 g/mol. The van der Waals surface area contributed by atoms with Gasteiger partial charge in [0.1, 0.15) is 0 Å². The van der Waals surface area contributed by atoms with E-state index in [0.29, 0.717) is 0 Å². The molecule has 0 aromatic heterocycles. The molecule has 0 nitrogen and oxygen atoms in total. The van der Waals surface area contributed by atoms with Gasteiger partial charge in [-0.05, 0) is 68.1 Å². The van der Waals surface area contributed by atoms with Crippen molar-refractivity contribution in [1.29, 1.82) is 0 Å². The molecule has 0 bridgehead atoms. The van der Waals surface area contributed by atoms with Gasteiger partial charge < -0.3 is 0 Å². The normalized spacial score (nSPS) is 40.0. The van der Waals surface area contributed by atoms with Crippen molar-refractivity contribution in [2.75, 3.05) is 0 Å². The summed E-state index contributed by atoms with van der Waals surface area (Å²) in [6, 6.07) is 0. The summed E-state index contributed by atoms with van der Waals surface area (Å²) in [5.74, 6) is 5.24. The lowest BCUT2D eigenvalue weighted by molar-refractivity contribution is 0.151. The first-order valence-corrected chi connectivity index (χ1v) is 8.97. The van der Waals surface area contributed by atoms with Crippen molar-refractivity contribution in [2.45, 2.75) is 77.0 Å². The van der Waals surface area contributed by atoms with Gasteiger partial charge in [0.25, 0.3) is 0 Å². The third-order valence-electron chi connectivity index (χ3n) is 6.39. The second-order valence-corrected chi connectivity index (χ2v) is 7.71. The van der Waals surface area contributed by atoms with E-state index >= 15 is 0 Å². The van der Waals surface area contributed by atoms with Crippen LogP contribution in [-0.2, 0) is 0 Å². The lowest BCUT2D eigenvalue weighted by Crippen LogP contribution is -2.25. The molecule has 108 valence electrons. The second kappa shape index (κ2) is 6.46. The van der Waals surface area contributed by atoms with Crippen molar-refractivity contribution >= 4 is 0 Å². The smallest absolute Gasteiger partial charge is 0.0236 e. The van der Waals surface area contributed by atoms with Crippen LogP contribution in [-0.4, -0.2) is 0 Å². The number of rotatable bonds is 5. The highest BCUT2D eigenvalue weighted by Crippen LogP contribution is 2.43. The van der Waals surface area contributed by atoms with Crippen LogP contribution in [0.5, 0.6) is 0 Å². The minimum Gasteiger partial charge on any atom is -0.103 e. The van der Waals surface area contributed by atoms with Crippen LogP contribution in [0.4, 0.5) is 0 Å². The van der Waals surface area contributed by atoms with Crippen LogP contribution in [0.2, 0.25) is 0 Å². The van der Waals surface area contributed by atoms with Crippen LogP contribution in [0.3, 0.4) is 0 Å². The molecule has 0 aliphatic heterocycles. The highest BCUT2D eigenvalue weighted by atomic mass is 14.4. The molecule has 0 amide bonds. The molecule has 0 saturated heterocycles. The number of allylic oxidation sites excluding steroid dienone is 1. The highest BCUT2D eigenvalue weighted by Gasteiger charge is 2.31. The summed E-state index contributed by atoms with van der Waals surface area (Å²) >= 11 is 0. The summed E-state index contributed by atoms with van der Waals surface area (Å²) in [6.07, 6.45) is 20.5. The van der Waals surface area contributed by atoms with Gasteiger partial charge in [-0.1, -0.05) is 44.6 Å². The lowest BCUT2D eigenvalue weighted by Gasteiger charge is -2.37. The summed E-state index contributed by atoms with van der Waals surface area (Å²) in [5.41, 5.74) is 0. The highest BCUT2D eigenvalue weighted by molar-refractivity contribution is 4.87. The second-order valence-electron chi connectivity index (χ2n) is 7.71. The molecule has 3 rings (SSSR count). The van der Waals surface area contributed by atoms with E-state index in [-0.39, 0.29) is 0 Å². The van der Waals surface area contributed by atoms with E-state index in [0.717, 1.165) is 29.6 Å². The van der Waals surface area contributed by atoms with Crippen molar-refractivity contribution in [2.24, 2.45) is 29.6 Å². The molecule has 0 radical (unpaired) electrons. The zero-order valence-electron chi connectivity index (χ0n) is 12.7. The number of hydrogen-bond acceptors (Lipinski definition) is 0. The van der Waals surface area contributed by atoms with Crippen molar-refractivity contribution < 1.29 is 0 Å². The van der Waals surface area contributed by atoms with E-state index in [1.807, 2.05) is 0 Å². The van der Waals surface area contributed by atoms with E-state index in [2.05, 4.69) is 12.7 Å². The lowest BCUT2D eigenvalue weighted by atomic mass is 9.68. The van der Waals surface area contributed by atoms with Gasteiger partial charge in [0, 0.05) is 0 Å². The quantitative estimate of drug-likeness (QED) is 0.534. The Morgan fingerprint density at radius 1 is 0.632 bits per heavy atom. The van der Waals surface area contributed by atoms with E-state index in [1.165, 1.54) is 25.7 Å². The van der Waals surface area contributed by atoms with Crippen molar-refractivity contribution in [1.82, 2.24) is 0 Å². The van der Waals surface area contributed by atoms with Gasteiger partial charge in [-0.15, -0.1) is 6.58 Å². The maximum atomic E-state index is 3.97. The van der Waals surface area contributed by atoms with Crippen LogP contribution in [0.25, 0.3) is 0 Å². The fraction of sp³-hybridized carbons (Fsp3) is 0.895. The first-order chi connectivity index (χ1) is 9.35. The molecule has 0 N–H and O–H groups in total. The molecule has 3 saturated carbocycles. The third kappa shape index (κ3) is 3.86. The maximum Gasteiger partial charge on any atom is -0.0236 e. The zero-order chi connectivity index (χ0) is 13.1. The summed E-state index contributed by atoms with van der Waals surface area (Å²) in [5, 5.41) is 0. The van der Waals surface area contributed by atoms with Crippen LogP contribution < -0.4 is 0 Å². The van der Waals surface area contributed by atoms with E-state index in [4.69, 9.17) is 0 Å². The minimum atomic E-state index is 0.839. The molecule has 19 heavy (non-hydrogen) atoms. The minimum absolute atomic E-state index is 0.839. The molecule has 0 heterocycles. The Morgan fingerprint density at radius 3 is 1.47 bits per heavy atom. The van der Waals surface area contributed by atoms with E-state index < -0.39 is 0 Å². The molecule has 3 aliphatic carbocycles. The molecular formula is C19H32. The summed E-state index contributed by atoms with van der Waals surface area (Å²) in [4.78, 5) is 0. The van der Waals surface area contributed by atoms with Gasteiger partial charge in [0.05, 0.1) is 0 Å².